The third-order valence-electron chi connectivity index (χ3n) is 3.77. The molecule has 7 nitrogen and oxygen atoms in total. The molecular weight excluding hydrogens is 276 g/mol. The van der Waals surface area contributed by atoms with E-state index in [1.54, 1.807) is 11.8 Å². The summed E-state index contributed by atoms with van der Waals surface area (Å²) in [6.07, 6.45) is 1.60. The predicted octanol–water partition coefficient (Wildman–Crippen LogP) is 1.20. The van der Waals surface area contributed by atoms with Crippen LogP contribution in [0.15, 0.2) is 10.5 Å². The van der Waals surface area contributed by atoms with Gasteiger partial charge in [0.15, 0.2) is 0 Å². The number of aryl methyl sites for hydroxylation is 1. The second kappa shape index (κ2) is 6.62. The molecule has 21 heavy (non-hydrogen) atoms. The number of rotatable bonds is 4. The Kier molecular flexibility index (Phi) is 4.85. The molecule has 0 atom stereocenters. The molecular formula is C14H20N2O5. The normalized spacial score (nSPS) is 16.0. The molecule has 0 unspecified atom stereocenters. The van der Waals surface area contributed by atoms with Crippen molar-refractivity contribution in [1.29, 1.82) is 0 Å². The Morgan fingerprint density at radius 3 is 2.62 bits per heavy atom. The van der Waals surface area contributed by atoms with Crippen molar-refractivity contribution in [1.82, 2.24) is 10.2 Å². The van der Waals surface area contributed by atoms with Crippen molar-refractivity contribution < 1.29 is 24.2 Å². The number of likely N-dealkylation sites (tertiary alicyclic amines) is 1. The van der Waals surface area contributed by atoms with Gasteiger partial charge in [-0.2, -0.15) is 0 Å². The first-order valence-corrected chi connectivity index (χ1v) is 6.97. The Hall–Kier alpha value is -2.02. The van der Waals surface area contributed by atoms with E-state index in [0.29, 0.717) is 24.6 Å². The van der Waals surface area contributed by atoms with Crippen LogP contribution in [-0.4, -0.2) is 46.8 Å². The van der Waals surface area contributed by atoms with E-state index in [-0.39, 0.29) is 30.7 Å². The fraction of sp³-hybridized carbons (Fsp3) is 0.571. The van der Waals surface area contributed by atoms with Crippen molar-refractivity contribution in [3.8, 4) is 0 Å². The Morgan fingerprint density at radius 2 is 2.10 bits per heavy atom. The fourth-order valence-corrected chi connectivity index (χ4v) is 2.44. The molecule has 0 aromatic carbocycles. The zero-order valence-corrected chi connectivity index (χ0v) is 12.0. The van der Waals surface area contributed by atoms with E-state index >= 15 is 0 Å². The number of furan rings is 1. The van der Waals surface area contributed by atoms with Gasteiger partial charge in [-0.1, -0.05) is 0 Å². The van der Waals surface area contributed by atoms with Crippen LogP contribution in [0, 0.1) is 12.8 Å². The third-order valence-corrected chi connectivity index (χ3v) is 3.77. The van der Waals surface area contributed by atoms with Crippen molar-refractivity contribution in [2.45, 2.75) is 26.3 Å². The van der Waals surface area contributed by atoms with Gasteiger partial charge in [-0.05, 0) is 31.7 Å². The van der Waals surface area contributed by atoms with Gasteiger partial charge in [0.2, 0.25) is 0 Å². The van der Waals surface area contributed by atoms with Crippen LogP contribution < -0.4 is 5.32 Å². The number of aromatic carboxylic acids is 1. The molecule has 1 saturated heterocycles. The maximum Gasteiger partial charge on any atom is 0.339 e. The van der Waals surface area contributed by atoms with Crippen LogP contribution in [0.2, 0.25) is 0 Å². The van der Waals surface area contributed by atoms with Gasteiger partial charge in [0.25, 0.3) is 0 Å². The van der Waals surface area contributed by atoms with E-state index in [0.717, 1.165) is 12.8 Å². The van der Waals surface area contributed by atoms with Crippen molar-refractivity contribution in [3.05, 3.63) is 23.2 Å². The quantitative estimate of drug-likeness (QED) is 0.774. The minimum Gasteiger partial charge on any atom is -0.478 e. The van der Waals surface area contributed by atoms with Crippen LogP contribution in [0.4, 0.5) is 4.79 Å². The molecule has 0 spiro atoms. The molecule has 0 bridgehead atoms. The average Bonchev–Trinajstić information content (AvgIpc) is 2.86. The van der Waals surface area contributed by atoms with Crippen molar-refractivity contribution in [3.63, 3.8) is 0 Å². The molecule has 1 fully saturated rings. The monoisotopic (exact) mass is 296 g/mol. The molecule has 1 aliphatic rings. The van der Waals surface area contributed by atoms with Gasteiger partial charge in [0.05, 0.1) is 6.54 Å². The van der Waals surface area contributed by atoms with E-state index in [1.807, 2.05) is 0 Å². The highest BCUT2D eigenvalue weighted by molar-refractivity contribution is 5.88. The minimum absolute atomic E-state index is 0.114. The summed E-state index contributed by atoms with van der Waals surface area (Å²) in [5, 5.41) is 20.7. The number of carbonyl (C=O) groups is 2. The zero-order valence-electron chi connectivity index (χ0n) is 12.0. The molecule has 0 aliphatic carbocycles. The Labute approximate surface area is 122 Å². The highest BCUT2D eigenvalue weighted by atomic mass is 16.4. The fourth-order valence-electron chi connectivity index (χ4n) is 2.44. The van der Waals surface area contributed by atoms with Gasteiger partial charge in [0, 0.05) is 19.7 Å². The van der Waals surface area contributed by atoms with Crippen LogP contribution in [0.1, 0.15) is 34.7 Å². The van der Waals surface area contributed by atoms with Gasteiger partial charge in [-0.3, -0.25) is 0 Å². The van der Waals surface area contributed by atoms with Crippen molar-refractivity contribution in [2.24, 2.45) is 5.92 Å². The maximum atomic E-state index is 12.0. The topological polar surface area (TPSA) is 103 Å². The van der Waals surface area contributed by atoms with Crippen LogP contribution in [0.3, 0.4) is 0 Å². The number of aliphatic hydroxyl groups is 1. The van der Waals surface area contributed by atoms with Crippen LogP contribution in [-0.2, 0) is 6.54 Å². The molecule has 3 N–H and O–H groups in total. The molecule has 1 aromatic heterocycles. The second-order valence-electron chi connectivity index (χ2n) is 5.26. The highest BCUT2D eigenvalue weighted by Gasteiger charge is 2.22. The summed E-state index contributed by atoms with van der Waals surface area (Å²) in [7, 11) is 0. The lowest BCUT2D eigenvalue weighted by Crippen LogP contribution is -2.44. The predicted molar refractivity (Wildman–Crippen MR) is 74.0 cm³/mol. The van der Waals surface area contributed by atoms with Crippen LogP contribution in [0.5, 0.6) is 0 Å². The molecule has 2 amide bonds. The van der Waals surface area contributed by atoms with Gasteiger partial charge >= 0.3 is 12.0 Å². The average molecular weight is 296 g/mol. The minimum atomic E-state index is -1.04. The molecule has 116 valence electrons. The second-order valence-corrected chi connectivity index (χ2v) is 5.26. The Bertz CT molecular complexity index is 517. The van der Waals surface area contributed by atoms with E-state index in [1.165, 1.54) is 6.07 Å². The highest BCUT2D eigenvalue weighted by Crippen LogP contribution is 2.17. The number of hydrogen-bond donors (Lipinski definition) is 3. The number of piperidine rings is 1. The number of nitrogens with zero attached hydrogens (tertiary/aromatic N) is 1. The third kappa shape index (κ3) is 3.75. The summed E-state index contributed by atoms with van der Waals surface area (Å²) in [5.74, 6) is -0.0150. The Balaban J connectivity index is 1.84. The largest absolute Gasteiger partial charge is 0.478 e. The summed E-state index contributed by atoms with van der Waals surface area (Å²) >= 11 is 0. The number of nitrogens with one attached hydrogen (secondary N) is 1. The smallest absolute Gasteiger partial charge is 0.339 e. The van der Waals surface area contributed by atoms with E-state index in [4.69, 9.17) is 14.6 Å². The standard InChI is InChI=1S/C14H20N2O5/c1-9-12(13(18)19)6-11(21-9)7-15-14(20)16-4-2-10(8-17)3-5-16/h6,10,17H,2-5,7-8H2,1H3,(H,15,20)(H,18,19). The van der Waals surface area contributed by atoms with Gasteiger partial charge in [-0.15, -0.1) is 0 Å². The first-order valence-electron chi connectivity index (χ1n) is 6.97. The summed E-state index contributed by atoms with van der Waals surface area (Å²) < 4.78 is 5.30. The summed E-state index contributed by atoms with van der Waals surface area (Å²) in [4.78, 5) is 24.6. The van der Waals surface area contributed by atoms with E-state index in [9.17, 15) is 9.59 Å². The molecule has 1 aliphatic heterocycles. The van der Waals surface area contributed by atoms with Gasteiger partial charge in [-0.25, -0.2) is 9.59 Å². The van der Waals surface area contributed by atoms with Gasteiger partial charge < -0.3 is 24.8 Å². The number of hydrogen-bond acceptors (Lipinski definition) is 4. The molecule has 1 aromatic rings. The number of amides is 2. The lowest BCUT2D eigenvalue weighted by atomic mass is 9.98. The lowest BCUT2D eigenvalue weighted by molar-refractivity contribution is 0.0695. The Morgan fingerprint density at radius 1 is 1.43 bits per heavy atom. The van der Waals surface area contributed by atoms with Crippen molar-refractivity contribution >= 4 is 12.0 Å². The molecule has 2 rings (SSSR count). The van der Waals surface area contributed by atoms with E-state index < -0.39 is 5.97 Å². The van der Waals surface area contributed by atoms with Crippen molar-refractivity contribution in [2.75, 3.05) is 19.7 Å². The van der Waals surface area contributed by atoms with Crippen LogP contribution in [0.25, 0.3) is 0 Å². The van der Waals surface area contributed by atoms with E-state index in [2.05, 4.69) is 5.32 Å². The van der Waals surface area contributed by atoms with Crippen LogP contribution >= 0.6 is 0 Å². The maximum absolute atomic E-state index is 12.0. The number of carbonyl (C=O) groups excluding carboxylic acids is 1. The SMILES string of the molecule is Cc1oc(CNC(=O)N2CCC(CO)CC2)cc1C(=O)O. The number of carboxylic acid groups (broad SMARTS) is 1. The first kappa shape index (κ1) is 15.4. The summed E-state index contributed by atoms with van der Waals surface area (Å²) in [5.41, 5.74) is 0.114. The number of carboxylic acids is 1. The zero-order chi connectivity index (χ0) is 15.4. The molecule has 2 heterocycles. The summed E-state index contributed by atoms with van der Waals surface area (Å²) in [6.45, 7) is 3.14. The lowest BCUT2D eigenvalue weighted by Gasteiger charge is -2.31. The molecule has 0 radical (unpaired) electrons. The molecule has 7 heteroatoms. The van der Waals surface area contributed by atoms with Gasteiger partial charge in [0.1, 0.15) is 17.1 Å². The number of urea groups is 1. The molecule has 0 saturated carbocycles. The first-order chi connectivity index (χ1) is 10.0. The summed E-state index contributed by atoms with van der Waals surface area (Å²) in [6, 6.07) is 1.23. The number of aliphatic hydroxyl groups excluding tert-OH is 1.